The van der Waals surface area contributed by atoms with Crippen molar-refractivity contribution in [1.82, 2.24) is 97.2 Å². The maximum Gasteiger partial charge on any atom is 0.323 e. The van der Waals surface area contributed by atoms with E-state index >= 15 is 38.4 Å². The lowest BCUT2D eigenvalue weighted by atomic mass is 9.99. The van der Waals surface area contributed by atoms with Gasteiger partial charge < -0.3 is 135 Å². The molecular weight excluding hydrogens is 1850 g/mol. The Hall–Kier alpha value is -14.1. The molecular formula is C94H130N22O24S. The van der Waals surface area contributed by atoms with Gasteiger partial charge in [-0.2, -0.15) is 0 Å². The molecule has 0 radical (unpaired) electrons. The average Bonchev–Trinajstić information content (AvgIpc) is 1.72. The minimum atomic E-state index is -2.06. The Bertz CT molecular complexity index is 5440. The first-order valence-electron chi connectivity index (χ1n) is 47.1. The van der Waals surface area contributed by atoms with Crippen LogP contribution in [0.15, 0.2) is 97.7 Å². The summed E-state index contributed by atoms with van der Waals surface area (Å²) in [5.74, 6) is -22.1. The number of nitrogens with zero attached hydrogens (tertiary/aromatic N) is 7. The van der Waals surface area contributed by atoms with Gasteiger partial charge in [0.05, 0.1) is 37.6 Å². The summed E-state index contributed by atoms with van der Waals surface area (Å²) in [4.78, 5) is 292. The number of hydrogen-bond donors (Lipinski definition) is 20. The number of carbonyl (C=O) groups excluding carboxylic acids is 16. The van der Waals surface area contributed by atoms with Crippen LogP contribution in [0.1, 0.15) is 152 Å². The topological polar surface area (TPSA) is 689 Å². The predicted octanol–water partition coefficient (Wildman–Crippen LogP) is -2.34. The molecule has 141 heavy (non-hydrogen) atoms. The molecule has 3 aromatic heterocycles. The third-order valence-corrected chi connectivity index (χ3v) is 26.2. The van der Waals surface area contributed by atoms with Gasteiger partial charge >= 0.3 is 17.9 Å². The van der Waals surface area contributed by atoms with Gasteiger partial charge in [0, 0.05) is 118 Å². The minimum absolute atomic E-state index is 0.0732. The number of nitrogens with two attached hydrogens (primary N) is 3. The number of aliphatic hydroxyl groups is 1. The van der Waals surface area contributed by atoms with Crippen LogP contribution in [-0.4, -0.2) is 338 Å². The lowest BCUT2D eigenvalue weighted by molar-refractivity contribution is -0.149. The summed E-state index contributed by atoms with van der Waals surface area (Å²) >= 11 is 0.660. The molecule has 46 nitrogen and oxygen atoms in total. The number of para-hydroxylation sites is 2. The Morgan fingerprint density at radius 1 is 0.518 bits per heavy atom. The van der Waals surface area contributed by atoms with Crippen molar-refractivity contribution in [2.45, 2.75) is 253 Å². The van der Waals surface area contributed by atoms with Crippen molar-refractivity contribution < 1.29 is 117 Å². The fourth-order valence-electron chi connectivity index (χ4n) is 17.4. The summed E-state index contributed by atoms with van der Waals surface area (Å²) in [6.45, 7) is 2.96. The predicted molar refractivity (Wildman–Crippen MR) is 512 cm³/mol. The maximum absolute atomic E-state index is 16.1. The molecule has 6 heterocycles. The fourth-order valence-corrected chi connectivity index (χ4v) is 18.3. The molecule has 3 aliphatic heterocycles. The van der Waals surface area contributed by atoms with E-state index in [1.54, 1.807) is 68.6 Å². The Balaban J connectivity index is 1.13. The largest absolute Gasteiger partial charge is 0.508 e. The Labute approximate surface area is 817 Å². The number of fused-ring (bicyclic) bond motifs is 4. The third kappa shape index (κ3) is 31.2. The van der Waals surface area contributed by atoms with E-state index < -0.39 is 260 Å². The van der Waals surface area contributed by atoms with Crippen molar-refractivity contribution in [2.75, 3.05) is 65.4 Å². The van der Waals surface area contributed by atoms with E-state index in [9.17, 15) is 78.3 Å². The monoisotopic (exact) mass is 1980 g/mol. The molecule has 0 saturated carbocycles. The first-order chi connectivity index (χ1) is 67.2. The molecule has 3 aliphatic rings. The van der Waals surface area contributed by atoms with Crippen LogP contribution in [0.4, 0.5) is 0 Å². The van der Waals surface area contributed by atoms with Gasteiger partial charge in [0.1, 0.15) is 96.9 Å². The number of phenols is 1. The smallest absolute Gasteiger partial charge is 0.323 e. The highest BCUT2D eigenvalue weighted by molar-refractivity contribution is 8.00. The number of carboxylic acid groups (broad SMARTS) is 3. The maximum atomic E-state index is 16.1. The molecule has 9 rings (SSSR count). The summed E-state index contributed by atoms with van der Waals surface area (Å²) < 4.78 is 1.42. The van der Waals surface area contributed by atoms with Gasteiger partial charge in [0.15, 0.2) is 0 Å². The molecule has 3 aromatic carbocycles. The zero-order valence-electron chi connectivity index (χ0n) is 79.7. The molecule has 0 spiro atoms. The van der Waals surface area contributed by atoms with Gasteiger partial charge in [0.2, 0.25) is 94.5 Å². The molecule has 15 atom stereocenters. The first kappa shape index (κ1) is 111. The number of primary amides is 1. The van der Waals surface area contributed by atoms with Gasteiger partial charge in [-0.3, -0.25) is 91.1 Å². The molecule has 23 N–H and O–H groups in total. The lowest BCUT2D eigenvalue weighted by Gasteiger charge is -2.36. The van der Waals surface area contributed by atoms with Crippen molar-refractivity contribution in [3.63, 3.8) is 0 Å². The number of amides is 16. The standard InChI is InChI=1S/C94H130N22O24S/c1-7-9-25-72-87(133)107-66(41-78(121)122)86(132)110-70(82(128)100-45-76(97)119)49-141-50-77(120)102-67(36-53-29-31-57(117)32-30-53)90(136)111(4)52(3)81(127)108-69(42-79(123)124)93(139)115-35-19-28-73(115)88(134)106-65(39-56-44-98-51-101-56)85(131)104-63(24-16-18-34-96)92(138)116-47-58(118)40-75(116)89(135)105-64(37-54-43-99-61-22-13-11-20-59(54)61)84(130)103-62(23-15-17-33-95)83(129)109-68(91(137)113(6)74(26-10-8-2)94(140)112(72)5)38-55-46-114(48-80(125)126)71-27-14-12-21-60(55)71/h11-14,20-22,27,29-32,43-44,46,51-52,58,62-70,72-75,99,117-118H,7-10,15-19,23-26,28,33-42,45,47-50,95-96H2,1-6H3,(H2,97,119)(H,98,101)(H,100,128)(H,102,120)(H,103,130)(H,104,131)(H,105,135)(H,106,134)(H,107,133)(H,108,127)(H,109,129)(H,110,132)(H,121,122)(H,123,124)(H,125,126)/t52-,58+,62-,63-,64-,65-,66-,67-,68-,69+,70-,72-,73-,74-,75-/m0/s1. The van der Waals surface area contributed by atoms with Crippen LogP contribution in [0, 0.1) is 0 Å². The van der Waals surface area contributed by atoms with E-state index in [4.69, 9.17) is 17.2 Å². The molecule has 766 valence electrons. The number of imidazole rings is 1. The zero-order chi connectivity index (χ0) is 103. The average molecular weight is 1980 g/mol. The number of aromatic nitrogens is 4. The zero-order valence-corrected chi connectivity index (χ0v) is 80.5. The van der Waals surface area contributed by atoms with Crippen LogP contribution in [0.5, 0.6) is 5.75 Å². The van der Waals surface area contributed by atoms with Crippen molar-refractivity contribution in [3.8, 4) is 5.75 Å². The van der Waals surface area contributed by atoms with Crippen LogP contribution < -0.4 is 70.4 Å². The van der Waals surface area contributed by atoms with Crippen molar-refractivity contribution in [2.24, 2.45) is 17.2 Å². The second-order valence-corrected chi connectivity index (χ2v) is 36.6. The van der Waals surface area contributed by atoms with E-state index in [0.717, 1.165) is 31.5 Å². The van der Waals surface area contributed by atoms with E-state index in [1.165, 1.54) is 68.6 Å². The summed E-state index contributed by atoms with van der Waals surface area (Å²) in [5.41, 5.74) is 19.9. The summed E-state index contributed by atoms with van der Waals surface area (Å²) in [5, 5.41) is 79.7. The second-order valence-electron chi connectivity index (χ2n) is 35.6. The van der Waals surface area contributed by atoms with Gasteiger partial charge in [-0.05, 0) is 125 Å². The van der Waals surface area contributed by atoms with Crippen molar-refractivity contribution >= 4 is 146 Å². The number of aliphatic carboxylic acids is 3. The minimum Gasteiger partial charge on any atom is -0.508 e. The second kappa shape index (κ2) is 53.3. The third-order valence-electron chi connectivity index (χ3n) is 25.2. The molecule has 3 fully saturated rings. The number of aromatic hydroxyl groups is 1. The Morgan fingerprint density at radius 3 is 1.70 bits per heavy atom. The highest BCUT2D eigenvalue weighted by Gasteiger charge is 2.47. The number of H-pyrrole nitrogens is 2. The number of aromatic amines is 2. The number of likely N-dealkylation sites (N-methyl/N-ethyl adjacent to an activating group) is 3. The highest BCUT2D eigenvalue weighted by Crippen LogP contribution is 2.29. The summed E-state index contributed by atoms with van der Waals surface area (Å²) in [6, 6.07) is -4.13. The Morgan fingerprint density at radius 2 is 1.06 bits per heavy atom. The van der Waals surface area contributed by atoms with Crippen LogP contribution >= 0.6 is 11.8 Å². The molecule has 47 heteroatoms. The van der Waals surface area contributed by atoms with Crippen LogP contribution in [0.2, 0.25) is 0 Å². The number of carbonyl (C=O) groups is 19. The molecule has 16 amide bonds. The number of carboxylic acids is 3. The number of thioether (sulfide) groups is 1. The van der Waals surface area contributed by atoms with Gasteiger partial charge in [-0.1, -0.05) is 88.1 Å². The van der Waals surface area contributed by atoms with E-state index in [2.05, 4.69) is 68.1 Å². The molecule has 0 bridgehead atoms. The van der Waals surface area contributed by atoms with Crippen LogP contribution in [-0.2, 0) is 123 Å². The number of hydrogen-bond acceptors (Lipinski definition) is 25. The quantitative estimate of drug-likeness (QED) is 0.0203. The van der Waals surface area contributed by atoms with Crippen LogP contribution in [0.25, 0.3) is 21.8 Å². The number of rotatable bonds is 31. The number of nitrogens with one attached hydrogen (secondary N) is 12. The Kier molecular flexibility index (Phi) is 41.8. The lowest BCUT2D eigenvalue weighted by Crippen LogP contribution is -2.61. The van der Waals surface area contributed by atoms with Gasteiger partial charge in [-0.25, -0.2) is 4.98 Å². The first-order valence-corrected chi connectivity index (χ1v) is 48.3. The molecule has 3 saturated heterocycles. The van der Waals surface area contributed by atoms with Crippen molar-refractivity contribution in [1.29, 1.82) is 0 Å². The SMILES string of the molecule is CCCC[C@H]1C(=O)N(C)[C@@H](CCCC)C(=O)N[C@@H](CC(=O)O)C(=O)N[C@H](C(=O)NCC(N)=O)CSCC(=O)N[C@@H](Cc2ccc(O)cc2)C(=O)N(C)[C@@H](C)C(=O)N[C@H](CC(=O)O)C(=O)N2CCC[C@H]2C(=O)N[C@@H](Cc2cnc[nH]2)C(=O)N[C@@H](CCCCN)C(=O)N2C[C@H](O)C[C@H]2C(=O)N[C@@H](Cc2c[nH]c3ccccc23)C(=O)N[C@@H](CCCCN)C(=O)N[C@@H](Cc2cn(CC(=O)O)c3ccccc23)C(=O)N1C. The molecule has 6 aromatic rings. The number of benzene rings is 3. The highest BCUT2D eigenvalue weighted by atomic mass is 32.2. The van der Waals surface area contributed by atoms with E-state index in [1.807, 2.05) is 0 Å². The fraction of sp³-hybridized carbons (Fsp3) is 0.532. The van der Waals surface area contributed by atoms with Crippen LogP contribution in [0.3, 0.4) is 0 Å². The van der Waals surface area contributed by atoms with Crippen molar-refractivity contribution in [3.05, 3.63) is 120 Å². The van der Waals surface area contributed by atoms with E-state index in [-0.39, 0.29) is 121 Å². The number of unbranched alkanes of at least 4 members (excludes halogenated alkanes) is 4. The summed E-state index contributed by atoms with van der Waals surface area (Å²) in [7, 11) is 3.69. The molecule has 0 unspecified atom stereocenters. The number of aliphatic hydroxyl groups excluding tert-OH is 1. The van der Waals surface area contributed by atoms with Gasteiger partial charge in [0.25, 0.3) is 0 Å². The van der Waals surface area contributed by atoms with E-state index in [0.29, 0.717) is 69.5 Å². The molecule has 0 aliphatic carbocycles. The summed E-state index contributed by atoms with van der Waals surface area (Å²) in [6.07, 6.45) is 1.99. The van der Waals surface area contributed by atoms with Gasteiger partial charge in [-0.15, -0.1) is 11.8 Å². The normalized spacial score (nSPS) is 24.2. The number of phenolic OH excluding ortho intramolecular Hbond substituents is 1.